The first-order chi connectivity index (χ1) is 9.27. The Morgan fingerprint density at radius 2 is 2.05 bits per heavy atom. The van der Waals surface area contributed by atoms with Crippen LogP contribution in [0.1, 0.15) is 26.2 Å². The predicted octanol–water partition coefficient (Wildman–Crippen LogP) is 3.77. The van der Waals surface area contributed by atoms with Gasteiger partial charge in [0, 0.05) is 12.6 Å². The van der Waals surface area contributed by atoms with Crippen LogP contribution in [-0.4, -0.2) is 17.0 Å². The van der Waals surface area contributed by atoms with E-state index in [4.69, 9.17) is 5.73 Å². The Balaban J connectivity index is 2.03. The van der Waals surface area contributed by atoms with Gasteiger partial charge in [0.25, 0.3) is 0 Å². The van der Waals surface area contributed by atoms with Gasteiger partial charge in [0.1, 0.15) is 10.8 Å². The fraction of sp³-hybridized carbons (Fsp3) is 0.400. The number of nitrogen functional groups attached to an aromatic ring is 1. The van der Waals surface area contributed by atoms with Crippen LogP contribution in [0.2, 0.25) is 0 Å². The lowest BCUT2D eigenvalue weighted by Crippen LogP contribution is -2.37. The van der Waals surface area contributed by atoms with Crippen molar-refractivity contribution in [3.63, 3.8) is 0 Å². The molecule has 4 heteroatoms. The van der Waals surface area contributed by atoms with E-state index in [0.717, 1.165) is 12.1 Å². The number of hydrogen-bond donors (Lipinski definition) is 1. The van der Waals surface area contributed by atoms with Crippen molar-refractivity contribution in [3.8, 4) is 11.1 Å². The second-order valence-corrected chi connectivity index (χ2v) is 5.90. The number of benzene rings is 1. The molecule has 1 atom stereocenters. The van der Waals surface area contributed by atoms with Crippen LogP contribution < -0.4 is 10.6 Å². The van der Waals surface area contributed by atoms with Crippen LogP contribution in [0.15, 0.2) is 30.3 Å². The van der Waals surface area contributed by atoms with Gasteiger partial charge in [-0.1, -0.05) is 30.3 Å². The van der Waals surface area contributed by atoms with Crippen molar-refractivity contribution in [3.05, 3.63) is 30.3 Å². The maximum atomic E-state index is 6.10. The SMILES string of the molecule is CC1CCCCN1c1snc(N)c1-c1ccccc1. The number of rotatable bonds is 2. The normalized spacial score (nSPS) is 19.6. The zero-order chi connectivity index (χ0) is 13.2. The molecule has 2 aromatic rings. The third-order valence-electron chi connectivity index (χ3n) is 3.83. The fourth-order valence-electron chi connectivity index (χ4n) is 2.77. The molecule has 0 radical (unpaired) electrons. The van der Waals surface area contributed by atoms with E-state index in [1.165, 1.54) is 41.4 Å². The third kappa shape index (κ3) is 2.32. The van der Waals surface area contributed by atoms with Crippen molar-refractivity contribution < 1.29 is 0 Å². The Labute approximate surface area is 118 Å². The van der Waals surface area contributed by atoms with Gasteiger partial charge in [0.2, 0.25) is 0 Å². The largest absolute Gasteiger partial charge is 0.382 e. The molecule has 100 valence electrons. The second-order valence-electron chi connectivity index (χ2n) is 5.15. The molecule has 1 aromatic carbocycles. The van der Waals surface area contributed by atoms with Crippen molar-refractivity contribution in [1.29, 1.82) is 0 Å². The summed E-state index contributed by atoms with van der Waals surface area (Å²) in [5, 5.41) is 1.23. The summed E-state index contributed by atoms with van der Waals surface area (Å²) < 4.78 is 4.38. The first-order valence-electron chi connectivity index (χ1n) is 6.84. The first-order valence-corrected chi connectivity index (χ1v) is 7.62. The lowest BCUT2D eigenvalue weighted by atomic mass is 10.0. The zero-order valence-electron chi connectivity index (χ0n) is 11.2. The van der Waals surface area contributed by atoms with Crippen LogP contribution in [0, 0.1) is 0 Å². The molecule has 19 heavy (non-hydrogen) atoms. The molecule has 0 spiro atoms. The zero-order valence-corrected chi connectivity index (χ0v) is 12.0. The minimum Gasteiger partial charge on any atom is -0.382 e. The number of hydrogen-bond acceptors (Lipinski definition) is 4. The molecule has 0 saturated carbocycles. The molecular weight excluding hydrogens is 254 g/mol. The fourth-order valence-corrected chi connectivity index (χ4v) is 3.73. The Morgan fingerprint density at radius 3 is 2.79 bits per heavy atom. The first kappa shape index (κ1) is 12.5. The minimum absolute atomic E-state index is 0.580. The Morgan fingerprint density at radius 1 is 1.26 bits per heavy atom. The lowest BCUT2D eigenvalue weighted by molar-refractivity contribution is 0.487. The number of aromatic nitrogens is 1. The molecule has 1 aromatic heterocycles. The van der Waals surface area contributed by atoms with E-state index in [2.05, 4.69) is 40.5 Å². The molecule has 1 saturated heterocycles. The van der Waals surface area contributed by atoms with E-state index in [-0.39, 0.29) is 0 Å². The third-order valence-corrected chi connectivity index (χ3v) is 4.73. The van der Waals surface area contributed by atoms with E-state index < -0.39 is 0 Å². The second kappa shape index (κ2) is 5.21. The molecule has 1 unspecified atom stereocenters. The molecule has 2 heterocycles. The van der Waals surface area contributed by atoms with Gasteiger partial charge in [-0.05, 0) is 43.3 Å². The summed E-state index contributed by atoms with van der Waals surface area (Å²) in [6.07, 6.45) is 3.84. The minimum atomic E-state index is 0.580. The van der Waals surface area contributed by atoms with E-state index in [1.807, 2.05) is 6.07 Å². The molecule has 0 bridgehead atoms. The van der Waals surface area contributed by atoms with Gasteiger partial charge in [-0.15, -0.1) is 0 Å². The van der Waals surface area contributed by atoms with Gasteiger partial charge in [-0.25, -0.2) is 0 Å². The summed E-state index contributed by atoms with van der Waals surface area (Å²) in [6.45, 7) is 3.41. The molecule has 0 amide bonds. The molecule has 1 aliphatic rings. The molecule has 1 fully saturated rings. The number of nitrogens with zero attached hydrogens (tertiary/aromatic N) is 2. The van der Waals surface area contributed by atoms with E-state index >= 15 is 0 Å². The highest BCUT2D eigenvalue weighted by Gasteiger charge is 2.25. The number of nitrogens with two attached hydrogens (primary N) is 1. The predicted molar refractivity (Wildman–Crippen MR) is 82.6 cm³/mol. The molecule has 2 N–H and O–H groups in total. The molecular formula is C15H19N3S. The molecule has 3 rings (SSSR count). The van der Waals surface area contributed by atoms with Crippen LogP contribution in [0.25, 0.3) is 11.1 Å². The maximum Gasteiger partial charge on any atom is 0.147 e. The summed E-state index contributed by atoms with van der Waals surface area (Å²) in [5.74, 6) is 0.656. The van der Waals surface area contributed by atoms with E-state index in [9.17, 15) is 0 Å². The topological polar surface area (TPSA) is 42.2 Å². The highest BCUT2D eigenvalue weighted by atomic mass is 32.1. The van der Waals surface area contributed by atoms with Gasteiger partial charge in [0.15, 0.2) is 0 Å². The van der Waals surface area contributed by atoms with Gasteiger partial charge < -0.3 is 10.6 Å². The summed E-state index contributed by atoms with van der Waals surface area (Å²) in [5.41, 5.74) is 8.38. The van der Waals surface area contributed by atoms with E-state index in [0.29, 0.717) is 11.9 Å². The Bertz CT molecular complexity index is 550. The lowest BCUT2D eigenvalue weighted by Gasteiger charge is -2.34. The van der Waals surface area contributed by atoms with Crippen molar-refractivity contribution in [2.24, 2.45) is 0 Å². The van der Waals surface area contributed by atoms with Crippen molar-refractivity contribution in [1.82, 2.24) is 4.37 Å². The highest BCUT2D eigenvalue weighted by molar-refractivity contribution is 7.11. The Kier molecular flexibility index (Phi) is 3.42. The highest BCUT2D eigenvalue weighted by Crippen LogP contribution is 2.41. The molecule has 1 aliphatic heterocycles. The summed E-state index contributed by atoms with van der Waals surface area (Å²) in [6, 6.07) is 10.9. The smallest absolute Gasteiger partial charge is 0.147 e. The monoisotopic (exact) mass is 273 g/mol. The Hall–Kier alpha value is -1.55. The van der Waals surface area contributed by atoms with Gasteiger partial charge in [-0.3, -0.25) is 0 Å². The summed E-state index contributed by atoms with van der Waals surface area (Å²) in [7, 11) is 0. The van der Waals surface area contributed by atoms with Crippen LogP contribution in [0.5, 0.6) is 0 Å². The quantitative estimate of drug-likeness (QED) is 0.905. The number of piperidine rings is 1. The standard InChI is InChI=1S/C15H19N3S/c1-11-7-5-6-10-18(11)15-13(14(16)17-19-15)12-8-3-2-4-9-12/h2-4,8-9,11H,5-7,10H2,1H3,(H2,16,17). The van der Waals surface area contributed by atoms with E-state index in [1.54, 1.807) is 0 Å². The maximum absolute atomic E-state index is 6.10. The van der Waals surface area contributed by atoms with Crippen molar-refractivity contribution in [2.75, 3.05) is 17.2 Å². The van der Waals surface area contributed by atoms with Crippen molar-refractivity contribution >= 4 is 22.4 Å². The summed E-state index contributed by atoms with van der Waals surface area (Å²) >= 11 is 1.53. The number of anilines is 2. The van der Waals surface area contributed by atoms with Gasteiger partial charge in [-0.2, -0.15) is 4.37 Å². The average Bonchev–Trinajstić information content (AvgIpc) is 2.82. The molecule has 3 nitrogen and oxygen atoms in total. The van der Waals surface area contributed by atoms with Crippen LogP contribution >= 0.6 is 11.5 Å². The van der Waals surface area contributed by atoms with Gasteiger partial charge in [0.05, 0.1) is 5.56 Å². The molecule has 0 aliphatic carbocycles. The average molecular weight is 273 g/mol. The van der Waals surface area contributed by atoms with Crippen LogP contribution in [0.4, 0.5) is 10.8 Å². The van der Waals surface area contributed by atoms with Crippen LogP contribution in [-0.2, 0) is 0 Å². The summed E-state index contributed by atoms with van der Waals surface area (Å²) in [4.78, 5) is 2.47. The van der Waals surface area contributed by atoms with Crippen LogP contribution in [0.3, 0.4) is 0 Å². The van der Waals surface area contributed by atoms with Crippen molar-refractivity contribution in [2.45, 2.75) is 32.2 Å². The van der Waals surface area contributed by atoms with Gasteiger partial charge >= 0.3 is 0 Å².